The molecule has 4 nitrogen and oxygen atoms in total. The quantitative estimate of drug-likeness (QED) is 0.820. The second kappa shape index (κ2) is 7.72. The maximum Gasteiger partial charge on any atom is 0.320 e. The van der Waals surface area contributed by atoms with Gasteiger partial charge in [0.2, 0.25) is 0 Å². The Labute approximate surface area is 126 Å². The Hall–Kier alpha value is -0.780. The van der Waals surface area contributed by atoms with E-state index in [1.54, 1.807) is 30.1 Å². The first-order chi connectivity index (χ1) is 8.95. The van der Waals surface area contributed by atoms with Crippen LogP contribution in [0, 0.1) is 0 Å². The van der Waals surface area contributed by atoms with Gasteiger partial charge in [-0.15, -0.1) is 0 Å². The van der Waals surface area contributed by atoms with Crippen LogP contribution in [-0.2, 0) is 4.79 Å². The van der Waals surface area contributed by atoms with Gasteiger partial charge >= 0.3 is 5.97 Å². The summed E-state index contributed by atoms with van der Waals surface area (Å²) in [7, 11) is 1.78. The van der Waals surface area contributed by atoms with E-state index in [9.17, 15) is 4.79 Å². The van der Waals surface area contributed by atoms with Crippen molar-refractivity contribution in [2.45, 2.75) is 19.4 Å². The topological polar surface area (TPSA) is 49.8 Å². The van der Waals surface area contributed by atoms with Crippen molar-refractivity contribution in [3.05, 3.63) is 27.7 Å². The van der Waals surface area contributed by atoms with Crippen LogP contribution in [-0.4, -0.2) is 42.2 Å². The van der Waals surface area contributed by atoms with Crippen LogP contribution in [0.1, 0.15) is 13.3 Å². The predicted octanol–water partition coefficient (Wildman–Crippen LogP) is 3.28. The van der Waals surface area contributed by atoms with Crippen LogP contribution < -0.4 is 4.74 Å². The summed E-state index contributed by atoms with van der Waals surface area (Å²) >= 11 is 9.20. The molecule has 0 radical (unpaired) electrons. The number of benzene rings is 1. The van der Waals surface area contributed by atoms with Gasteiger partial charge in [-0.2, -0.15) is 0 Å². The Bertz CT molecular complexity index is 442. The Morgan fingerprint density at radius 3 is 2.79 bits per heavy atom. The monoisotopic (exact) mass is 349 g/mol. The van der Waals surface area contributed by atoms with Crippen LogP contribution in [0.4, 0.5) is 0 Å². The van der Waals surface area contributed by atoms with Crippen molar-refractivity contribution in [1.29, 1.82) is 0 Å². The zero-order valence-corrected chi connectivity index (χ0v) is 13.2. The number of carboxylic acid groups (broad SMARTS) is 1. The van der Waals surface area contributed by atoms with E-state index in [1.165, 1.54) is 0 Å². The number of carbonyl (C=O) groups is 1. The molecule has 1 atom stereocenters. The van der Waals surface area contributed by atoms with E-state index in [4.69, 9.17) is 21.4 Å². The van der Waals surface area contributed by atoms with Gasteiger partial charge in [0.15, 0.2) is 0 Å². The predicted molar refractivity (Wildman–Crippen MR) is 79.0 cm³/mol. The standard InChI is InChI=1S/C13H17BrClNO3/c1-3-11(13(17)18)16(2)6-7-19-12-5-4-9(15)8-10(12)14/h4-5,8,11H,3,6-7H2,1-2H3,(H,17,18). The largest absolute Gasteiger partial charge is 0.491 e. The zero-order valence-electron chi connectivity index (χ0n) is 10.9. The molecule has 0 fully saturated rings. The number of carboxylic acids is 1. The molecule has 1 N–H and O–H groups in total. The number of aliphatic carboxylic acids is 1. The van der Waals surface area contributed by atoms with Crippen LogP contribution in [0.2, 0.25) is 5.02 Å². The number of hydrogen-bond acceptors (Lipinski definition) is 3. The van der Waals surface area contributed by atoms with Crippen LogP contribution in [0.15, 0.2) is 22.7 Å². The number of halogens is 2. The summed E-state index contributed by atoms with van der Waals surface area (Å²) < 4.78 is 6.38. The molecular weight excluding hydrogens is 334 g/mol. The van der Waals surface area contributed by atoms with Crippen molar-refractivity contribution in [2.75, 3.05) is 20.2 Å². The third-order valence-corrected chi connectivity index (χ3v) is 3.65. The molecule has 0 bridgehead atoms. The first-order valence-corrected chi connectivity index (χ1v) is 7.13. The minimum absolute atomic E-state index is 0.417. The molecule has 0 aliphatic carbocycles. The maximum absolute atomic E-state index is 11.0. The van der Waals surface area contributed by atoms with Crippen LogP contribution in [0.3, 0.4) is 0 Å². The van der Waals surface area contributed by atoms with Gasteiger partial charge in [0.1, 0.15) is 18.4 Å². The fourth-order valence-electron chi connectivity index (χ4n) is 1.72. The van der Waals surface area contributed by atoms with E-state index in [1.807, 2.05) is 6.92 Å². The third kappa shape index (κ3) is 5.01. The normalized spacial score (nSPS) is 12.5. The van der Waals surface area contributed by atoms with E-state index in [0.29, 0.717) is 30.3 Å². The van der Waals surface area contributed by atoms with E-state index in [2.05, 4.69) is 15.9 Å². The van der Waals surface area contributed by atoms with Crippen LogP contribution in [0.5, 0.6) is 5.75 Å². The Morgan fingerprint density at radius 2 is 2.26 bits per heavy atom. The molecule has 0 spiro atoms. The van der Waals surface area contributed by atoms with Gasteiger partial charge in [0.25, 0.3) is 0 Å². The molecule has 19 heavy (non-hydrogen) atoms. The minimum Gasteiger partial charge on any atom is -0.491 e. The summed E-state index contributed by atoms with van der Waals surface area (Å²) in [6, 6.07) is 4.81. The molecule has 0 heterocycles. The average molecular weight is 351 g/mol. The van der Waals surface area contributed by atoms with Crippen LogP contribution >= 0.6 is 27.5 Å². The second-order valence-electron chi connectivity index (χ2n) is 4.17. The highest BCUT2D eigenvalue weighted by molar-refractivity contribution is 9.10. The Kier molecular flexibility index (Phi) is 6.62. The molecular formula is C13H17BrClNO3. The number of nitrogens with zero attached hydrogens (tertiary/aromatic N) is 1. The summed E-state index contributed by atoms with van der Waals surface area (Å²) in [4.78, 5) is 12.8. The molecule has 1 unspecified atom stereocenters. The fourth-order valence-corrected chi connectivity index (χ4v) is 2.52. The molecule has 1 aromatic carbocycles. The van der Waals surface area contributed by atoms with E-state index in [-0.39, 0.29) is 0 Å². The minimum atomic E-state index is -0.808. The fraction of sp³-hybridized carbons (Fsp3) is 0.462. The highest BCUT2D eigenvalue weighted by atomic mass is 79.9. The number of ether oxygens (including phenoxy) is 1. The zero-order chi connectivity index (χ0) is 14.4. The molecule has 0 aliphatic heterocycles. The van der Waals surface area contributed by atoms with E-state index >= 15 is 0 Å². The van der Waals surface area contributed by atoms with Gasteiger partial charge in [-0.1, -0.05) is 18.5 Å². The summed E-state index contributed by atoms with van der Waals surface area (Å²) in [5.41, 5.74) is 0. The van der Waals surface area contributed by atoms with Gasteiger partial charge in [0, 0.05) is 11.6 Å². The number of hydrogen-bond donors (Lipinski definition) is 1. The maximum atomic E-state index is 11.0. The Morgan fingerprint density at radius 1 is 1.58 bits per heavy atom. The number of rotatable bonds is 7. The lowest BCUT2D eigenvalue weighted by molar-refractivity contribution is -0.143. The van der Waals surface area contributed by atoms with E-state index < -0.39 is 12.0 Å². The van der Waals surface area contributed by atoms with Gasteiger partial charge < -0.3 is 9.84 Å². The molecule has 1 rings (SSSR count). The molecule has 0 saturated heterocycles. The van der Waals surface area contributed by atoms with Crippen molar-refractivity contribution in [3.63, 3.8) is 0 Å². The lowest BCUT2D eigenvalue weighted by Crippen LogP contribution is -2.40. The molecule has 6 heteroatoms. The summed E-state index contributed by atoms with van der Waals surface area (Å²) in [6.45, 7) is 2.81. The lowest BCUT2D eigenvalue weighted by Gasteiger charge is -2.23. The smallest absolute Gasteiger partial charge is 0.320 e. The SMILES string of the molecule is CCC(C(=O)O)N(C)CCOc1ccc(Cl)cc1Br. The van der Waals surface area contributed by atoms with Gasteiger partial charge in [-0.05, 0) is 47.6 Å². The molecule has 1 aromatic rings. The van der Waals surface area contributed by atoms with Gasteiger partial charge in [-0.3, -0.25) is 9.69 Å². The molecule has 0 aliphatic rings. The molecule has 0 amide bonds. The van der Waals surface area contributed by atoms with Crippen molar-refractivity contribution >= 4 is 33.5 Å². The van der Waals surface area contributed by atoms with Gasteiger partial charge in [-0.25, -0.2) is 0 Å². The average Bonchev–Trinajstić information content (AvgIpc) is 2.32. The Balaban J connectivity index is 2.47. The van der Waals surface area contributed by atoms with Crippen molar-refractivity contribution < 1.29 is 14.6 Å². The summed E-state index contributed by atoms with van der Waals surface area (Å²) in [5.74, 6) is -0.112. The van der Waals surface area contributed by atoms with Gasteiger partial charge in [0.05, 0.1) is 4.47 Å². The first-order valence-electron chi connectivity index (χ1n) is 5.96. The molecule has 0 saturated carbocycles. The van der Waals surface area contributed by atoms with Crippen LogP contribution in [0.25, 0.3) is 0 Å². The summed E-state index contributed by atoms with van der Waals surface area (Å²) in [6.07, 6.45) is 0.566. The molecule has 106 valence electrons. The van der Waals surface area contributed by atoms with Crippen molar-refractivity contribution in [2.24, 2.45) is 0 Å². The first kappa shape index (κ1) is 16.3. The van der Waals surface area contributed by atoms with E-state index in [0.717, 1.165) is 4.47 Å². The summed E-state index contributed by atoms with van der Waals surface area (Å²) in [5, 5.41) is 9.66. The lowest BCUT2D eigenvalue weighted by atomic mass is 10.2. The highest BCUT2D eigenvalue weighted by Crippen LogP contribution is 2.27. The second-order valence-corrected chi connectivity index (χ2v) is 5.46. The molecule has 0 aromatic heterocycles. The third-order valence-electron chi connectivity index (χ3n) is 2.80. The number of likely N-dealkylation sites (N-methyl/N-ethyl adjacent to an activating group) is 1. The van der Waals surface area contributed by atoms with Crippen molar-refractivity contribution in [3.8, 4) is 5.75 Å². The highest BCUT2D eigenvalue weighted by Gasteiger charge is 2.19. The van der Waals surface area contributed by atoms with Crippen molar-refractivity contribution in [1.82, 2.24) is 4.90 Å².